The third kappa shape index (κ3) is 4.43. The molecule has 0 bridgehead atoms. The van der Waals surface area contributed by atoms with E-state index in [1.807, 2.05) is 11.0 Å². The van der Waals surface area contributed by atoms with E-state index in [2.05, 4.69) is 39.0 Å². The van der Waals surface area contributed by atoms with Gasteiger partial charge in [0.2, 0.25) is 5.95 Å². The standard InChI is InChI=1S/C18H24N6O/c1-14(2)12-21-15-4-5-16(22-13-15)17(25)23-8-10-24(11-9-23)18-19-6-3-7-20-18/h3-7,13-14,21H,8-12H2,1-2H3. The average molecular weight is 340 g/mol. The molecule has 0 saturated carbocycles. The van der Waals surface area contributed by atoms with Crippen LogP contribution in [-0.4, -0.2) is 58.5 Å². The molecule has 1 saturated heterocycles. The second-order valence-corrected chi connectivity index (χ2v) is 6.53. The number of nitrogens with one attached hydrogen (secondary N) is 1. The highest BCUT2D eigenvalue weighted by Gasteiger charge is 2.23. The highest BCUT2D eigenvalue weighted by molar-refractivity contribution is 5.92. The normalized spacial score (nSPS) is 14.7. The van der Waals surface area contributed by atoms with Crippen LogP contribution in [-0.2, 0) is 0 Å². The Labute approximate surface area is 148 Å². The molecule has 3 heterocycles. The fourth-order valence-electron chi connectivity index (χ4n) is 2.67. The third-order valence-corrected chi connectivity index (χ3v) is 4.10. The molecule has 7 heteroatoms. The van der Waals surface area contributed by atoms with Crippen molar-refractivity contribution in [3.05, 3.63) is 42.5 Å². The van der Waals surface area contributed by atoms with Crippen molar-refractivity contribution in [1.29, 1.82) is 0 Å². The highest BCUT2D eigenvalue weighted by atomic mass is 16.2. The van der Waals surface area contributed by atoms with Gasteiger partial charge in [-0.05, 0) is 24.1 Å². The number of piperazine rings is 1. The average Bonchev–Trinajstić information content (AvgIpc) is 2.67. The van der Waals surface area contributed by atoms with Crippen molar-refractivity contribution in [2.24, 2.45) is 5.92 Å². The zero-order valence-corrected chi connectivity index (χ0v) is 14.7. The second kappa shape index (κ2) is 7.92. The molecule has 0 aromatic carbocycles. The van der Waals surface area contributed by atoms with Gasteiger partial charge in [0.1, 0.15) is 5.69 Å². The van der Waals surface area contributed by atoms with Crippen molar-refractivity contribution >= 4 is 17.5 Å². The lowest BCUT2D eigenvalue weighted by molar-refractivity contribution is 0.0740. The van der Waals surface area contributed by atoms with Gasteiger partial charge in [-0.3, -0.25) is 4.79 Å². The Bertz CT molecular complexity index is 680. The van der Waals surface area contributed by atoms with Crippen LogP contribution >= 0.6 is 0 Å². The van der Waals surface area contributed by atoms with Crippen LogP contribution < -0.4 is 10.2 Å². The number of carbonyl (C=O) groups is 1. The number of hydrogen-bond donors (Lipinski definition) is 1. The summed E-state index contributed by atoms with van der Waals surface area (Å²) in [4.78, 5) is 29.4. The van der Waals surface area contributed by atoms with Crippen molar-refractivity contribution in [1.82, 2.24) is 19.9 Å². The Kier molecular flexibility index (Phi) is 5.42. The Balaban J connectivity index is 1.55. The quantitative estimate of drug-likeness (QED) is 0.896. The maximum atomic E-state index is 12.6. The monoisotopic (exact) mass is 340 g/mol. The van der Waals surface area contributed by atoms with Gasteiger partial charge >= 0.3 is 0 Å². The number of anilines is 2. The Morgan fingerprint density at radius 3 is 2.44 bits per heavy atom. The maximum absolute atomic E-state index is 12.6. The van der Waals surface area contributed by atoms with Crippen LogP contribution in [0.15, 0.2) is 36.8 Å². The summed E-state index contributed by atoms with van der Waals surface area (Å²) in [5.41, 5.74) is 1.43. The summed E-state index contributed by atoms with van der Waals surface area (Å²) in [6, 6.07) is 5.50. The number of hydrogen-bond acceptors (Lipinski definition) is 6. The van der Waals surface area contributed by atoms with E-state index in [9.17, 15) is 4.79 Å². The van der Waals surface area contributed by atoms with E-state index in [4.69, 9.17) is 0 Å². The van der Waals surface area contributed by atoms with Crippen molar-refractivity contribution < 1.29 is 4.79 Å². The van der Waals surface area contributed by atoms with E-state index in [1.54, 1.807) is 30.7 Å². The van der Waals surface area contributed by atoms with Gasteiger partial charge in [0.05, 0.1) is 11.9 Å². The van der Waals surface area contributed by atoms with Crippen molar-refractivity contribution in [2.45, 2.75) is 13.8 Å². The predicted octanol–water partition coefficient (Wildman–Crippen LogP) is 1.90. The summed E-state index contributed by atoms with van der Waals surface area (Å²) in [6.07, 6.45) is 5.20. The molecule has 3 rings (SSSR count). The summed E-state index contributed by atoms with van der Waals surface area (Å²) < 4.78 is 0. The van der Waals surface area contributed by atoms with E-state index in [0.29, 0.717) is 30.6 Å². The molecule has 1 aliphatic rings. The summed E-state index contributed by atoms with van der Waals surface area (Å²) >= 11 is 0. The first-order chi connectivity index (χ1) is 12.1. The second-order valence-electron chi connectivity index (χ2n) is 6.53. The number of nitrogens with zero attached hydrogens (tertiary/aromatic N) is 5. The summed E-state index contributed by atoms with van der Waals surface area (Å²) in [5.74, 6) is 1.25. The first kappa shape index (κ1) is 17.1. The molecule has 0 spiro atoms. The number of carbonyl (C=O) groups excluding carboxylic acids is 1. The van der Waals surface area contributed by atoms with Gasteiger partial charge in [-0.15, -0.1) is 0 Å². The molecule has 1 aliphatic heterocycles. The lowest BCUT2D eigenvalue weighted by atomic mass is 10.2. The molecule has 1 amide bonds. The molecule has 2 aromatic heterocycles. The first-order valence-corrected chi connectivity index (χ1v) is 8.64. The SMILES string of the molecule is CC(C)CNc1ccc(C(=O)N2CCN(c3ncccn3)CC2)nc1. The van der Waals surface area contributed by atoms with Gasteiger partial charge in [-0.2, -0.15) is 0 Å². The molecule has 25 heavy (non-hydrogen) atoms. The Hall–Kier alpha value is -2.70. The number of aromatic nitrogens is 3. The molecule has 0 atom stereocenters. The fourth-order valence-corrected chi connectivity index (χ4v) is 2.67. The number of pyridine rings is 1. The molecule has 1 fully saturated rings. The Morgan fingerprint density at radius 2 is 1.84 bits per heavy atom. The van der Waals surface area contributed by atoms with Crippen LogP contribution in [0.3, 0.4) is 0 Å². The lowest BCUT2D eigenvalue weighted by Gasteiger charge is -2.34. The smallest absolute Gasteiger partial charge is 0.272 e. The predicted molar refractivity (Wildman–Crippen MR) is 97.7 cm³/mol. The first-order valence-electron chi connectivity index (χ1n) is 8.64. The van der Waals surface area contributed by atoms with Crippen molar-refractivity contribution in [2.75, 3.05) is 42.9 Å². The van der Waals surface area contributed by atoms with E-state index in [1.165, 1.54) is 0 Å². The molecule has 0 unspecified atom stereocenters. The summed E-state index contributed by atoms with van der Waals surface area (Å²) in [7, 11) is 0. The van der Waals surface area contributed by atoms with Gasteiger partial charge in [0.15, 0.2) is 0 Å². The van der Waals surface area contributed by atoms with Gasteiger partial charge in [-0.25, -0.2) is 15.0 Å². The van der Waals surface area contributed by atoms with Gasteiger partial charge in [0.25, 0.3) is 5.91 Å². The molecule has 1 N–H and O–H groups in total. The van der Waals surface area contributed by atoms with E-state index >= 15 is 0 Å². The zero-order chi connectivity index (χ0) is 17.6. The van der Waals surface area contributed by atoms with Crippen molar-refractivity contribution in [3.8, 4) is 0 Å². The van der Waals surface area contributed by atoms with Crippen molar-refractivity contribution in [3.63, 3.8) is 0 Å². The number of amides is 1. The molecular formula is C18H24N6O. The molecule has 0 aliphatic carbocycles. The molecule has 7 nitrogen and oxygen atoms in total. The summed E-state index contributed by atoms with van der Waals surface area (Å²) in [6.45, 7) is 7.93. The largest absolute Gasteiger partial charge is 0.384 e. The molecule has 132 valence electrons. The van der Waals surface area contributed by atoms with Crippen LogP contribution in [0.1, 0.15) is 24.3 Å². The van der Waals surface area contributed by atoms with Crippen LogP contribution in [0.4, 0.5) is 11.6 Å². The van der Waals surface area contributed by atoms with Crippen LogP contribution in [0.25, 0.3) is 0 Å². The topological polar surface area (TPSA) is 74.2 Å². The highest BCUT2D eigenvalue weighted by Crippen LogP contribution is 2.13. The van der Waals surface area contributed by atoms with Gasteiger partial charge in [0, 0.05) is 45.1 Å². The minimum absolute atomic E-state index is 0.0240. The number of rotatable bonds is 5. The Morgan fingerprint density at radius 1 is 1.12 bits per heavy atom. The van der Waals surface area contributed by atoms with E-state index < -0.39 is 0 Å². The van der Waals surface area contributed by atoms with Crippen LogP contribution in [0.5, 0.6) is 0 Å². The third-order valence-electron chi connectivity index (χ3n) is 4.10. The van der Waals surface area contributed by atoms with E-state index in [-0.39, 0.29) is 5.91 Å². The summed E-state index contributed by atoms with van der Waals surface area (Å²) in [5, 5.41) is 3.31. The minimum atomic E-state index is -0.0240. The van der Waals surface area contributed by atoms with Gasteiger partial charge < -0.3 is 15.1 Å². The van der Waals surface area contributed by atoms with Crippen LogP contribution in [0.2, 0.25) is 0 Å². The molecule has 0 radical (unpaired) electrons. The maximum Gasteiger partial charge on any atom is 0.272 e. The lowest BCUT2D eigenvalue weighted by Crippen LogP contribution is -2.49. The van der Waals surface area contributed by atoms with Crippen LogP contribution in [0, 0.1) is 5.92 Å². The molecule has 2 aromatic rings. The fraction of sp³-hybridized carbons (Fsp3) is 0.444. The van der Waals surface area contributed by atoms with E-state index in [0.717, 1.165) is 25.3 Å². The van der Waals surface area contributed by atoms with Gasteiger partial charge in [-0.1, -0.05) is 13.8 Å². The minimum Gasteiger partial charge on any atom is -0.384 e. The molecular weight excluding hydrogens is 316 g/mol. The zero-order valence-electron chi connectivity index (χ0n) is 14.7.